The Morgan fingerprint density at radius 2 is 1.59 bits per heavy atom. The van der Waals surface area contributed by atoms with Crippen molar-refractivity contribution < 1.29 is 45.1 Å². The Bertz CT molecular complexity index is 1710. The van der Waals surface area contributed by atoms with Gasteiger partial charge in [0.25, 0.3) is 10.1 Å². The molecule has 0 unspecified atom stereocenters. The van der Waals surface area contributed by atoms with E-state index in [0.29, 0.717) is 33.8 Å². The monoisotopic (exact) mass is 653 g/mol. The second-order valence-electron chi connectivity index (χ2n) is 9.29. The van der Waals surface area contributed by atoms with Crippen LogP contribution in [-0.4, -0.2) is 63.3 Å². The molecule has 0 radical (unpaired) electrons. The van der Waals surface area contributed by atoms with Crippen molar-refractivity contribution in [3.05, 3.63) is 77.7 Å². The summed E-state index contributed by atoms with van der Waals surface area (Å²) in [5, 5.41) is 0.352. The van der Waals surface area contributed by atoms with E-state index in [4.69, 9.17) is 23.5 Å². The molecule has 0 fully saturated rings. The highest BCUT2D eigenvalue weighted by Gasteiger charge is 2.21. The Kier molecular flexibility index (Phi) is 10.5. The fourth-order valence-electron chi connectivity index (χ4n) is 4.23. The second-order valence-corrected chi connectivity index (χ2v) is 11.8. The number of imidazole rings is 1. The fraction of sp³-hybridized carbons (Fsp3) is 0.276. The van der Waals surface area contributed by atoms with Crippen LogP contribution in [0.5, 0.6) is 23.0 Å². The molecule has 44 heavy (non-hydrogen) atoms. The zero-order valence-electron chi connectivity index (χ0n) is 24.2. The lowest BCUT2D eigenvalue weighted by Gasteiger charge is -2.23. The molecule has 4 rings (SSSR count). The van der Waals surface area contributed by atoms with Crippen molar-refractivity contribution in [1.29, 1.82) is 0 Å². The van der Waals surface area contributed by atoms with E-state index in [-0.39, 0.29) is 35.8 Å². The van der Waals surface area contributed by atoms with Crippen molar-refractivity contribution in [1.82, 2.24) is 9.55 Å². The first kappa shape index (κ1) is 32.8. The summed E-state index contributed by atoms with van der Waals surface area (Å²) < 4.78 is 97.7. The number of hydrogen-bond donors (Lipinski definition) is 1. The number of halogens is 3. The van der Waals surface area contributed by atoms with Gasteiger partial charge in [-0.05, 0) is 30.7 Å². The van der Waals surface area contributed by atoms with Gasteiger partial charge < -0.3 is 23.8 Å². The van der Waals surface area contributed by atoms with Crippen molar-refractivity contribution in [2.45, 2.75) is 17.3 Å². The predicted molar refractivity (Wildman–Crippen MR) is 160 cm³/mol. The molecule has 0 spiro atoms. The Morgan fingerprint density at radius 1 is 0.909 bits per heavy atom. The van der Waals surface area contributed by atoms with E-state index in [1.165, 1.54) is 39.5 Å². The third-order valence-electron chi connectivity index (χ3n) is 6.48. The molecule has 236 valence electrons. The molecule has 1 heterocycles. The number of hydrogen-bond acceptors (Lipinski definition) is 9. The van der Waals surface area contributed by atoms with E-state index >= 15 is 0 Å². The smallest absolute Gasteiger partial charge is 0.264 e. The molecule has 1 aromatic heterocycles. The van der Waals surface area contributed by atoms with Crippen LogP contribution in [0.15, 0.2) is 59.9 Å². The lowest BCUT2D eigenvalue weighted by molar-refractivity contribution is 0.312. The summed E-state index contributed by atoms with van der Waals surface area (Å²) in [5.41, 5.74) is 0.958. The maximum atomic E-state index is 15.0. The molecule has 0 aliphatic carbocycles. The van der Waals surface area contributed by atoms with Crippen molar-refractivity contribution in [2.24, 2.45) is 0 Å². The standard InChI is InChI=1S/C29H30F3N3O7S2/c1-34(18-7-9-25(39-2)27(12-18)41-4)28-16-33-29(35(28)19-6-8-22(30)26(13-19)40-3)43-17-21-23(31)14-20(15-24(21)32)42-10-5-11-44(36,37)38/h6-9,12-16H,5,10-11,17H2,1-4H3,(H,36,37,38). The molecular weight excluding hydrogens is 623 g/mol. The molecule has 4 aromatic rings. The highest BCUT2D eigenvalue weighted by molar-refractivity contribution is 7.98. The minimum atomic E-state index is -4.17. The molecule has 15 heteroatoms. The number of thioether (sulfide) groups is 1. The van der Waals surface area contributed by atoms with Gasteiger partial charge in [0.2, 0.25) is 0 Å². The van der Waals surface area contributed by atoms with E-state index in [1.807, 2.05) is 11.0 Å². The SMILES string of the molecule is COc1cc(-n2c(N(C)c3ccc(OC)c(OC)c3)cnc2SCc2c(F)cc(OCCCS(=O)(=O)O)cc2F)ccc1F. The van der Waals surface area contributed by atoms with Crippen LogP contribution in [-0.2, 0) is 15.9 Å². The van der Waals surface area contributed by atoms with Crippen LogP contribution in [0.1, 0.15) is 12.0 Å². The highest BCUT2D eigenvalue weighted by atomic mass is 32.2. The minimum absolute atomic E-state index is 0.00358. The Balaban J connectivity index is 1.64. The normalized spacial score (nSPS) is 11.4. The highest BCUT2D eigenvalue weighted by Crippen LogP contribution is 2.38. The topological polar surface area (TPSA) is 112 Å². The van der Waals surface area contributed by atoms with E-state index in [2.05, 4.69) is 4.98 Å². The van der Waals surface area contributed by atoms with E-state index in [9.17, 15) is 21.6 Å². The van der Waals surface area contributed by atoms with Gasteiger partial charge in [-0.3, -0.25) is 9.12 Å². The summed E-state index contributed by atoms with van der Waals surface area (Å²) in [6.45, 7) is -0.165. The molecule has 10 nitrogen and oxygen atoms in total. The van der Waals surface area contributed by atoms with Crippen LogP contribution in [0.4, 0.5) is 24.7 Å². The van der Waals surface area contributed by atoms with Crippen molar-refractivity contribution in [3.8, 4) is 28.7 Å². The molecule has 0 aliphatic heterocycles. The minimum Gasteiger partial charge on any atom is -0.494 e. The van der Waals surface area contributed by atoms with E-state index in [0.717, 1.165) is 23.9 Å². The number of aromatic nitrogens is 2. The summed E-state index contributed by atoms with van der Waals surface area (Å²) in [5.74, 6) is -1.54. The quantitative estimate of drug-likeness (QED) is 0.0984. The Hall–Kier alpha value is -4.08. The van der Waals surface area contributed by atoms with Gasteiger partial charge in [-0.15, -0.1) is 0 Å². The first-order valence-corrected chi connectivity index (χ1v) is 15.6. The van der Waals surface area contributed by atoms with E-state index < -0.39 is 33.3 Å². The van der Waals surface area contributed by atoms with Gasteiger partial charge in [0.15, 0.2) is 28.2 Å². The number of ether oxygens (including phenoxy) is 4. The Labute approximate surface area is 257 Å². The van der Waals surface area contributed by atoms with Crippen LogP contribution >= 0.6 is 11.8 Å². The molecule has 0 bridgehead atoms. The molecule has 0 saturated heterocycles. The van der Waals surface area contributed by atoms with Crippen LogP contribution in [0, 0.1) is 17.5 Å². The number of methoxy groups -OCH3 is 3. The number of benzene rings is 3. The van der Waals surface area contributed by atoms with Crippen LogP contribution < -0.4 is 23.8 Å². The summed E-state index contributed by atoms with van der Waals surface area (Å²) in [4.78, 5) is 6.32. The van der Waals surface area contributed by atoms with Gasteiger partial charge in [-0.1, -0.05) is 11.8 Å². The second kappa shape index (κ2) is 14.1. The average molecular weight is 654 g/mol. The number of nitrogens with zero attached hydrogens (tertiary/aromatic N) is 3. The lowest BCUT2D eigenvalue weighted by atomic mass is 10.2. The fourth-order valence-corrected chi connectivity index (χ4v) is 5.72. The van der Waals surface area contributed by atoms with Gasteiger partial charge >= 0.3 is 0 Å². The maximum Gasteiger partial charge on any atom is 0.264 e. The predicted octanol–water partition coefficient (Wildman–Crippen LogP) is 6.03. The molecule has 0 amide bonds. The van der Waals surface area contributed by atoms with Crippen LogP contribution in [0.2, 0.25) is 0 Å². The van der Waals surface area contributed by atoms with Crippen LogP contribution in [0.25, 0.3) is 5.69 Å². The van der Waals surface area contributed by atoms with Gasteiger partial charge in [-0.25, -0.2) is 18.2 Å². The van der Waals surface area contributed by atoms with Gasteiger partial charge in [-0.2, -0.15) is 8.42 Å². The van der Waals surface area contributed by atoms with Gasteiger partial charge in [0.05, 0.1) is 45.6 Å². The molecule has 3 aromatic carbocycles. The summed E-state index contributed by atoms with van der Waals surface area (Å²) >= 11 is 1.05. The Morgan fingerprint density at radius 3 is 2.23 bits per heavy atom. The van der Waals surface area contributed by atoms with Crippen molar-refractivity contribution in [3.63, 3.8) is 0 Å². The van der Waals surface area contributed by atoms with E-state index in [1.54, 1.807) is 29.9 Å². The number of anilines is 2. The molecule has 1 N–H and O–H groups in total. The van der Waals surface area contributed by atoms with Gasteiger partial charge in [0.1, 0.15) is 23.2 Å². The third kappa shape index (κ3) is 7.70. The summed E-state index contributed by atoms with van der Waals surface area (Å²) in [6.07, 6.45) is 1.52. The molecule has 0 atom stereocenters. The zero-order valence-corrected chi connectivity index (χ0v) is 25.8. The zero-order chi connectivity index (χ0) is 32.0. The molecule has 0 aliphatic rings. The molecule has 0 saturated carbocycles. The van der Waals surface area contributed by atoms with Crippen molar-refractivity contribution in [2.75, 3.05) is 45.6 Å². The first-order valence-electron chi connectivity index (χ1n) is 13.0. The third-order valence-corrected chi connectivity index (χ3v) is 8.26. The largest absolute Gasteiger partial charge is 0.494 e. The average Bonchev–Trinajstić information content (AvgIpc) is 3.41. The van der Waals surface area contributed by atoms with Crippen molar-refractivity contribution >= 4 is 33.4 Å². The van der Waals surface area contributed by atoms with Crippen LogP contribution in [0.3, 0.4) is 0 Å². The summed E-state index contributed by atoms with van der Waals surface area (Å²) in [6, 6.07) is 11.6. The first-order chi connectivity index (χ1) is 20.9. The number of rotatable bonds is 14. The van der Waals surface area contributed by atoms with Gasteiger partial charge in [0, 0.05) is 48.3 Å². The lowest BCUT2D eigenvalue weighted by Crippen LogP contribution is -2.14. The summed E-state index contributed by atoms with van der Waals surface area (Å²) in [7, 11) is 2.01. The molecular formula is C29H30F3N3O7S2. The maximum absolute atomic E-state index is 15.0.